The normalized spacial score (nSPS) is 15.0. The van der Waals surface area contributed by atoms with Crippen LogP contribution in [0.5, 0.6) is 0 Å². The number of pyridine rings is 1. The topological polar surface area (TPSA) is 45.7 Å². The Hall–Kier alpha value is -1.92. The second-order valence-corrected chi connectivity index (χ2v) is 7.77. The average Bonchev–Trinajstić information content (AvgIpc) is 2.75. The summed E-state index contributed by atoms with van der Waals surface area (Å²) in [4.78, 5) is 21.2. The zero-order chi connectivity index (χ0) is 20.5. The quantitative estimate of drug-likeness (QED) is 0.586. The minimum absolute atomic E-state index is 0.0557. The number of rotatable bonds is 8. The Morgan fingerprint density at radius 1 is 1.17 bits per heavy atom. The van der Waals surface area contributed by atoms with Crippen molar-refractivity contribution in [3.8, 4) is 0 Å². The first kappa shape index (κ1) is 21.8. The van der Waals surface area contributed by atoms with Gasteiger partial charge in [-0.05, 0) is 54.0 Å². The van der Waals surface area contributed by atoms with Crippen molar-refractivity contribution in [2.45, 2.75) is 13.0 Å². The van der Waals surface area contributed by atoms with Gasteiger partial charge < -0.3 is 9.64 Å². The number of carbonyl (C=O) groups excluding carboxylic acids is 1. The third-order valence-corrected chi connectivity index (χ3v) is 5.38. The van der Waals surface area contributed by atoms with Crippen LogP contribution in [-0.2, 0) is 16.1 Å². The molecule has 0 atom stereocenters. The molecule has 29 heavy (non-hydrogen) atoms. The monoisotopic (exact) mass is 433 g/mol. The highest BCUT2D eigenvalue weighted by Gasteiger charge is 2.14. The van der Waals surface area contributed by atoms with E-state index in [9.17, 15) is 4.79 Å². The van der Waals surface area contributed by atoms with Gasteiger partial charge in [-0.1, -0.05) is 23.2 Å². The van der Waals surface area contributed by atoms with Crippen LogP contribution >= 0.6 is 23.2 Å². The van der Waals surface area contributed by atoms with Gasteiger partial charge in [0.2, 0.25) is 5.91 Å². The third-order valence-electron chi connectivity index (χ3n) is 4.80. The first-order valence-corrected chi connectivity index (χ1v) is 10.5. The number of morpholine rings is 1. The molecular weight excluding hydrogens is 409 g/mol. The van der Waals surface area contributed by atoms with Crippen LogP contribution in [0.3, 0.4) is 0 Å². The molecule has 0 spiro atoms. The SMILES string of the molecule is O=C(/C=C\c1cc(Cl)ccc1Cl)N(CCCN1CCOCC1)Cc1ccncc1. The molecule has 3 rings (SSSR count). The van der Waals surface area contributed by atoms with Crippen LogP contribution in [0.2, 0.25) is 10.0 Å². The van der Waals surface area contributed by atoms with Gasteiger partial charge in [-0.3, -0.25) is 14.7 Å². The van der Waals surface area contributed by atoms with Gasteiger partial charge in [-0.25, -0.2) is 0 Å². The summed E-state index contributed by atoms with van der Waals surface area (Å²) in [5.74, 6) is -0.0557. The minimum Gasteiger partial charge on any atom is -0.379 e. The molecule has 0 bridgehead atoms. The van der Waals surface area contributed by atoms with Crippen molar-refractivity contribution in [2.24, 2.45) is 0 Å². The first-order valence-electron chi connectivity index (χ1n) is 9.73. The van der Waals surface area contributed by atoms with Gasteiger partial charge in [-0.15, -0.1) is 0 Å². The van der Waals surface area contributed by atoms with Crippen molar-refractivity contribution >= 4 is 35.2 Å². The molecule has 1 aliphatic heterocycles. The summed E-state index contributed by atoms with van der Waals surface area (Å²) < 4.78 is 5.39. The van der Waals surface area contributed by atoms with Crippen LogP contribution in [0.25, 0.3) is 6.08 Å². The van der Waals surface area contributed by atoms with Crippen molar-refractivity contribution in [1.29, 1.82) is 0 Å². The summed E-state index contributed by atoms with van der Waals surface area (Å²) in [5.41, 5.74) is 1.78. The lowest BCUT2D eigenvalue weighted by Crippen LogP contribution is -2.38. The molecule has 1 aromatic carbocycles. The fraction of sp³-hybridized carbons (Fsp3) is 0.364. The van der Waals surface area contributed by atoms with Gasteiger partial charge >= 0.3 is 0 Å². The predicted molar refractivity (Wildman–Crippen MR) is 117 cm³/mol. The number of benzene rings is 1. The molecule has 1 fully saturated rings. The van der Waals surface area contributed by atoms with Gasteiger partial charge in [0.05, 0.1) is 13.2 Å². The lowest BCUT2D eigenvalue weighted by atomic mass is 10.2. The Balaban J connectivity index is 1.64. The van der Waals surface area contributed by atoms with Crippen LogP contribution in [0.1, 0.15) is 17.5 Å². The molecular formula is C22H25Cl2N3O2. The van der Waals surface area contributed by atoms with Crippen molar-refractivity contribution < 1.29 is 9.53 Å². The first-order chi connectivity index (χ1) is 14.1. The second kappa shape index (κ2) is 11.3. The van der Waals surface area contributed by atoms with Gasteiger partial charge in [0.1, 0.15) is 0 Å². The van der Waals surface area contributed by atoms with E-state index in [0.29, 0.717) is 23.1 Å². The minimum atomic E-state index is -0.0557. The summed E-state index contributed by atoms with van der Waals surface area (Å²) in [6.45, 7) is 5.63. The Labute approximate surface area is 181 Å². The molecule has 154 valence electrons. The summed E-state index contributed by atoms with van der Waals surface area (Å²) in [6.07, 6.45) is 7.68. The number of hydrogen-bond donors (Lipinski definition) is 0. The molecule has 2 aromatic rings. The predicted octanol–water partition coefficient (Wildman–Crippen LogP) is 4.15. The van der Waals surface area contributed by atoms with E-state index in [2.05, 4.69) is 9.88 Å². The maximum absolute atomic E-state index is 12.9. The molecule has 1 aromatic heterocycles. The molecule has 0 aliphatic carbocycles. The van der Waals surface area contributed by atoms with E-state index < -0.39 is 0 Å². The molecule has 1 aliphatic rings. The largest absolute Gasteiger partial charge is 0.379 e. The maximum atomic E-state index is 12.9. The van der Waals surface area contributed by atoms with Crippen molar-refractivity contribution in [3.63, 3.8) is 0 Å². The van der Waals surface area contributed by atoms with E-state index >= 15 is 0 Å². The lowest BCUT2D eigenvalue weighted by molar-refractivity contribution is -0.126. The fourth-order valence-electron chi connectivity index (χ4n) is 3.19. The van der Waals surface area contributed by atoms with Gasteiger partial charge in [-0.2, -0.15) is 0 Å². The van der Waals surface area contributed by atoms with Crippen molar-refractivity contribution in [3.05, 3.63) is 70.0 Å². The highest BCUT2D eigenvalue weighted by molar-refractivity contribution is 6.34. The van der Waals surface area contributed by atoms with Crippen LogP contribution < -0.4 is 0 Å². The third kappa shape index (κ3) is 7.12. The summed E-state index contributed by atoms with van der Waals surface area (Å²) in [6, 6.07) is 9.06. The van der Waals surface area contributed by atoms with Gasteiger partial charge in [0.15, 0.2) is 0 Å². The molecule has 1 amide bonds. The summed E-state index contributed by atoms with van der Waals surface area (Å²) >= 11 is 12.2. The molecule has 0 saturated carbocycles. The van der Waals surface area contributed by atoms with Crippen LogP contribution in [0, 0.1) is 0 Å². The maximum Gasteiger partial charge on any atom is 0.246 e. The highest BCUT2D eigenvalue weighted by atomic mass is 35.5. The van der Waals surface area contributed by atoms with E-state index in [1.54, 1.807) is 42.7 Å². The molecule has 1 saturated heterocycles. The van der Waals surface area contributed by atoms with E-state index in [1.807, 2.05) is 17.0 Å². The van der Waals surface area contributed by atoms with E-state index in [4.69, 9.17) is 27.9 Å². The van der Waals surface area contributed by atoms with Crippen molar-refractivity contribution in [1.82, 2.24) is 14.8 Å². The molecule has 0 N–H and O–H groups in total. The number of halogens is 2. The molecule has 0 radical (unpaired) electrons. The lowest BCUT2D eigenvalue weighted by Gasteiger charge is -2.28. The molecule has 2 heterocycles. The smallest absolute Gasteiger partial charge is 0.246 e. The Morgan fingerprint density at radius 3 is 2.69 bits per heavy atom. The van der Waals surface area contributed by atoms with Gasteiger partial charge in [0.25, 0.3) is 0 Å². The summed E-state index contributed by atoms with van der Waals surface area (Å²) in [7, 11) is 0. The van der Waals surface area contributed by atoms with Gasteiger partial charge in [0, 0.05) is 61.2 Å². The van der Waals surface area contributed by atoms with E-state index in [1.165, 1.54) is 0 Å². The van der Waals surface area contributed by atoms with Crippen LogP contribution in [0.4, 0.5) is 0 Å². The van der Waals surface area contributed by atoms with Crippen molar-refractivity contribution in [2.75, 3.05) is 39.4 Å². The average molecular weight is 434 g/mol. The van der Waals surface area contributed by atoms with Crippen LogP contribution in [0.15, 0.2) is 48.8 Å². The fourth-order valence-corrected chi connectivity index (χ4v) is 3.56. The number of carbonyl (C=O) groups is 1. The molecule has 5 nitrogen and oxygen atoms in total. The molecule has 7 heteroatoms. The van der Waals surface area contributed by atoms with Crippen LogP contribution in [-0.4, -0.2) is 60.1 Å². The Bertz CT molecular complexity index is 824. The number of aromatic nitrogens is 1. The van der Waals surface area contributed by atoms with E-state index in [-0.39, 0.29) is 5.91 Å². The Kier molecular flexibility index (Phi) is 8.50. The molecule has 0 unspecified atom stereocenters. The number of nitrogens with zero attached hydrogens (tertiary/aromatic N) is 3. The highest BCUT2D eigenvalue weighted by Crippen LogP contribution is 2.22. The second-order valence-electron chi connectivity index (χ2n) is 6.92. The zero-order valence-electron chi connectivity index (χ0n) is 16.3. The standard InChI is InChI=1S/C22H25Cl2N3O2/c23-20-3-4-21(24)19(16-20)2-5-22(28)27(17-18-6-8-25-9-7-18)11-1-10-26-12-14-29-15-13-26/h2-9,16H,1,10-15,17H2/b5-2-. The number of hydrogen-bond acceptors (Lipinski definition) is 4. The zero-order valence-corrected chi connectivity index (χ0v) is 17.8. The van der Waals surface area contributed by atoms with E-state index in [0.717, 1.165) is 50.4 Å². The number of amides is 1. The summed E-state index contributed by atoms with van der Waals surface area (Å²) in [5, 5.41) is 1.15. The number of ether oxygens (including phenoxy) is 1. The Morgan fingerprint density at radius 2 is 1.93 bits per heavy atom.